The van der Waals surface area contributed by atoms with Gasteiger partial charge in [0.25, 0.3) is 5.91 Å². The van der Waals surface area contributed by atoms with Crippen LogP contribution in [0.4, 0.5) is 5.69 Å². The first-order valence-corrected chi connectivity index (χ1v) is 13.9. The summed E-state index contributed by atoms with van der Waals surface area (Å²) < 4.78 is 12.3. The molecular formula is C30H39ClN2O6. The average Bonchev–Trinajstić information content (AvgIpc) is 3.40. The minimum atomic E-state index is -1.25. The van der Waals surface area contributed by atoms with Crippen LogP contribution in [0.15, 0.2) is 49.6 Å². The number of hydrogen-bond donors (Lipinski definition) is 1. The van der Waals surface area contributed by atoms with Crippen LogP contribution in [0.25, 0.3) is 0 Å². The highest BCUT2D eigenvalue weighted by atomic mass is 35.5. The number of likely N-dealkylation sites (tertiary alicyclic amines) is 1. The molecular weight excluding hydrogens is 520 g/mol. The first-order valence-electron chi connectivity index (χ1n) is 13.6. The lowest BCUT2D eigenvalue weighted by molar-refractivity contribution is -0.162. The molecule has 0 aliphatic carbocycles. The third-order valence-electron chi connectivity index (χ3n) is 8.84. The SMILES string of the molecule is C=CCCOC(=O)[C@@H]1[C@H]2C(=O)N([C@@H](CO)C(C)C)C(C(=O)N(CC=C)c3ccc(Cl)cc3)C23CC(C)[C@@]1(C)O3. The maximum Gasteiger partial charge on any atom is 0.312 e. The monoisotopic (exact) mass is 558 g/mol. The van der Waals surface area contributed by atoms with E-state index in [1.54, 1.807) is 41.3 Å². The molecule has 0 saturated carbocycles. The smallest absolute Gasteiger partial charge is 0.312 e. The van der Waals surface area contributed by atoms with Crippen molar-refractivity contribution in [2.24, 2.45) is 23.7 Å². The van der Waals surface area contributed by atoms with Gasteiger partial charge < -0.3 is 24.4 Å². The van der Waals surface area contributed by atoms with Crippen molar-refractivity contribution in [1.29, 1.82) is 0 Å². The Bertz CT molecular complexity index is 1140. The van der Waals surface area contributed by atoms with Gasteiger partial charge >= 0.3 is 5.97 Å². The molecule has 3 fully saturated rings. The van der Waals surface area contributed by atoms with Gasteiger partial charge in [0.1, 0.15) is 17.6 Å². The van der Waals surface area contributed by atoms with Crippen LogP contribution >= 0.6 is 11.6 Å². The minimum absolute atomic E-state index is 0.122. The van der Waals surface area contributed by atoms with E-state index in [0.29, 0.717) is 23.6 Å². The molecule has 2 amide bonds. The van der Waals surface area contributed by atoms with Crippen molar-refractivity contribution in [3.63, 3.8) is 0 Å². The Morgan fingerprint density at radius 3 is 2.51 bits per heavy atom. The van der Waals surface area contributed by atoms with E-state index in [1.807, 2.05) is 27.7 Å². The van der Waals surface area contributed by atoms with Gasteiger partial charge in [0.05, 0.1) is 30.8 Å². The van der Waals surface area contributed by atoms with Crippen LogP contribution in [0.3, 0.4) is 0 Å². The largest absolute Gasteiger partial charge is 0.465 e. The first-order chi connectivity index (χ1) is 18.5. The summed E-state index contributed by atoms with van der Waals surface area (Å²) in [5, 5.41) is 11.0. The second-order valence-electron chi connectivity index (χ2n) is 11.4. The molecule has 39 heavy (non-hydrogen) atoms. The number of halogens is 1. The molecule has 3 aliphatic rings. The third kappa shape index (κ3) is 4.60. The fourth-order valence-corrected chi connectivity index (χ4v) is 6.97. The van der Waals surface area contributed by atoms with E-state index in [-0.39, 0.29) is 43.4 Å². The number of anilines is 1. The van der Waals surface area contributed by atoms with Crippen LogP contribution in [0.5, 0.6) is 0 Å². The summed E-state index contributed by atoms with van der Waals surface area (Å²) >= 11 is 6.11. The molecule has 212 valence electrons. The van der Waals surface area contributed by atoms with E-state index >= 15 is 0 Å². The van der Waals surface area contributed by atoms with Crippen LogP contribution in [0.1, 0.15) is 40.5 Å². The third-order valence-corrected chi connectivity index (χ3v) is 9.09. The van der Waals surface area contributed by atoms with E-state index in [4.69, 9.17) is 21.1 Å². The molecule has 2 bridgehead atoms. The molecule has 4 rings (SSSR count). The summed E-state index contributed by atoms with van der Waals surface area (Å²) in [6.07, 6.45) is 4.18. The number of carbonyl (C=O) groups is 3. The molecule has 0 radical (unpaired) electrons. The molecule has 8 nitrogen and oxygen atoms in total. The Morgan fingerprint density at radius 2 is 1.95 bits per heavy atom. The maximum atomic E-state index is 14.6. The highest BCUT2D eigenvalue weighted by Crippen LogP contribution is 2.66. The second-order valence-corrected chi connectivity index (χ2v) is 11.8. The fraction of sp³-hybridized carbons (Fsp3) is 0.567. The highest BCUT2D eigenvalue weighted by Gasteiger charge is 2.80. The molecule has 3 saturated heterocycles. The molecule has 3 aliphatic heterocycles. The normalized spacial score (nSPS) is 31.8. The van der Waals surface area contributed by atoms with Crippen LogP contribution in [-0.4, -0.2) is 70.8 Å². The second kappa shape index (κ2) is 11.1. The number of fused-ring (bicyclic) bond motifs is 1. The highest BCUT2D eigenvalue weighted by molar-refractivity contribution is 6.30. The predicted molar refractivity (Wildman–Crippen MR) is 149 cm³/mol. The Morgan fingerprint density at radius 1 is 1.28 bits per heavy atom. The summed E-state index contributed by atoms with van der Waals surface area (Å²) in [4.78, 5) is 45.5. The van der Waals surface area contributed by atoms with E-state index in [0.717, 1.165) is 0 Å². The molecule has 3 unspecified atom stereocenters. The number of aliphatic hydroxyl groups is 1. The standard InChI is InChI=1S/C30H39ClN2O6/c1-7-9-15-38-28(37)24-23-26(35)33(22(17-34)18(3)4)25(30(23)16-19(5)29(24,6)39-30)27(36)32(14-8-2)21-12-10-20(31)11-13-21/h7-8,10-13,18-19,22-25,34H,1-2,9,14-17H2,3-6H3/t19?,22-,23-,24-,25?,29+,30?/m0/s1. The number of benzene rings is 1. The van der Waals surface area contributed by atoms with Crippen LogP contribution in [-0.2, 0) is 23.9 Å². The van der Waals surface area contributed by atoms with Crippen molar-refractivity contribution in [3.05, 3.63) is 54.6 Å². The van der Waals surface area contributed by atoms with E-state index in [9.17, 15) is 19.5 Å². The number of nitrogens with zero attached hydrogens (tertiary/aromatic N) is 2. The molecule has 7 atom stereocenters. The summed E-state index contributed by atoms with van der Waals surface area (Å²) in [5.41, 5.74) is -1.64. The molecule has 3 heterocycles. The number of hydrogen-bond acceptors (Lipinski definition) is 6. The predicted octanol–water partition coefficient (Wildman–Crippen LogP) is 4.01. The van der Waals surface area contributed by atoms with Crippen molar-refractivity contribution in [1.82, 2.24) is 4.90 Å². The van der Waals surface area contributed by atoms with Crippen molar-refractivity contribution in [2.75, 3.05) is 24.7 Å². The summed E-state index contributed by atoms with van der Waals surface area (Å²) in [6.45, 7) is 15.1. The van der Waals surface area contributed by atoms with Crippen LogP contribution in [0, 0.1) is 23.7 Å². The number of aliphatic hydroxyl groups excluding tert-OH is 1. The molecule has 1 aromatic carbocycles. The van der Waals surface area contributed by atoms with Gasteiger partial charge in [0.2, 0.25) is 5.91 Å². The molecule has 1 aromatic rings. The van der Waals surface area contributed by atoms with Crippen molar-refractivity contribution < 1.29 is 29.0 Å². The van der Waals surface area contributed by atoms with E-state index in [2.05, 4.69) is 13.2 Å². The van der Waals surface area contributed by atoms with Gasteiger partial charge in [-0.15, -0.1) is 13.2 Å². The molecule has 9 heteroatoms. The zero-order chi connectivity index (χ0) is 28.7. The van der Waals surface area contributed by atoms with Gasteiger partial charge in [-0.2, -0.15) is 0 Å². The van der Waals surface area contributed by atoms with Gasteiger partial charge in [0, 0.05) is 17.3 Å². The lowest BCUT2D eigenvalue weighted by Gasteiger charge is -2.40. The summed E-state index contributed by atoms with van der Waals surface area (Å²) in [7, 11) is 0. The van der Waals surface area contributed by atoms with Gasteiger partial charge in [-0.3, -0.25) is 14.4 Å². The van der Waals surface area contributed by atoms with E-state index in [1.165, 1.54) is 4.90 Å². The Hall–Kier alpha value is -2.68. The Kier molecular flexibility index (Phi) is 8.31. The zero-order valence-electron chi connectivity index (χ0n) is 23.1. The lowest BCUT2D eigenvalue weighted by Crippen LogP contribution is -2.60. The molecule has 0 aromatic heterocycles. The topological polar surface area (TPSA) is 96.4 Å². The fourth-order valence-electron chi connectivity index (χ4n) is 6.84. The van der Waals surface area contributed by atoms with Gasteiger partial charge in [-0.25, -0.2) is 0 Å². The number of ether oxygens (including phenoxy) is 2. The van der Waals surface area contributed by atoms with Gasteiger partial charge in [0.15, 0.2) is 0 Å². The first kappa shape index (κ1) is 29.3. The van der Waals surface area contributed by atoms with E-state index < -0.39 is 41.1 Å². The minimum Gasteiger partial charge on any atom is -0.465 e. The number of amides is 2. The van der Waals surface area contributed by atoms with Crippen LogP contribution < -0.4 is 4.90 Å². The molecule has 1 spiro atoms. The van der Waals surface area contributed by atoms with Crippen molar-refractivity contribution in [2.45, 2.75) is 63.8 Å². The van der Waals surface area contributed by atoms with Crippen molar-refractivity contribution >= 4 is 35.1 Å². The van der Waals surface area contributed by atoms with Crippen molar-refractivity contribution in [3.8, 4) is 0 Å². The maximum absolute atomic E-state index is 14.6. The van der Waals surface area contributed by atoms with Crippen LogP contribution in [0.2, 0.25) is 5.02 Å². The number of rotatable bonds is 11. The summed E-state index contributed by atoms with van der Waals surface area (Å²) in [6, 6.07) is 5.16. The van der Waals surface area contributed by atoms with Gasteiger partial charge in [-0.05, 0) is 55.9 Å². The Labute approximate surface area is 235 Å². The lowest BCUT2D eigenvalue weighted by atomic mass is 9.62. The zero-order valence-corrected chi connectivity index (χ0v) is 23.9. The summed E-state index contributed by atoms with van der Waals surface area (Å²) in [5.74, 6) is -3.30. The number of carbonyl (C=O) groups excluding carboxylic acids is 3. The number of esters is 1. The average molecular weight is 559 g/mol. The van der Waals surface area contributed by atoms with Gasteiger partial charge in [-0.1, -0.05) is 44.5 Å². The molecule has 1 N–H and O–H groups in total. The Balaban J connectivity index is 1.85. The quantitative estimate of drug-likeness (QED) is 0.250.